The van der Waals surface area contributed by atoms with E-state index in [9.17, 15) is 14.7 Å². The number of Topliss-reactive ketones (excluding diaryl/α,β-unsaturated/α-hetero) is 1. The molecule has 1 atom stereocenters. The van der Waals surface area contributed by atoms with Crippen LogP contribution in [0.4, 0.5) is 0 Å². The smallest absolute Gasteiger partial charge is 0.223 e. The number of aliphatic hydroxyl groups is 1. The molecule has 1 aromatic carbocycles. The summed E-state index contributed by atoms with van der Waals surface area (Å²) < 4.78 is 0. The third-order valence-electron chi connectivity index (χ3n) is 3.84. The normalized spacial score (nSPS) is 18.6. The summed E-state index contributed by atoms with van der Waals surface area (Å²) in [5, 5.41) is 9.70. The van der Waals surface area contributed by atoms with Crippen molar-refractivity contribution in [1.29, 1.82) is 0 Å². The van der Waals surface area contributed by atoms with Crippen molar-refractivity contribution in [3.63, 3.8) is 0 Å². The Morgan fingerprint density at radius 1 is 1.33 bits per heavy atom. The Balaban J connectivity index is 1.84. The average molecular weight is 310 g/mol. The van der Waals surface area contributed by atoms with Crippen molar-refractivity contribution in [2.45, 2.75) is 25.7 Å². The molecule has 5 heteroatoms. The minimum atomic E-state index is -0.0680. The molecule has 4 nitrogen and oxygen atoms in total. The number of nitrogens with zero attached hydrogens (tertiary/aromatic N) is 1. The summed E-state index contributed by atoms with van der Waals surface area (Å²) in [6, 6.07) is 6.78. The van der Waals surface area contributed by atoms with E-state index in [0.717, 1.165) is 19.4 Å². The number of hydrogen-bond acceptors (Lipinski definition) is 3. The van der Waals surface area contributed by atoms with Crippen molar-refractivity contribution < 1.29 is 14.7 Å². The maximum Gasteiger partial charge on any atom is 0.223 e. The van der Waals surface area contributed by atoms with Gasteiger partial charge in [-0.05, 0) is 30.9 Å². The molecule has 1 aliphatic heterocycles. The Morgan fingerprint density at radius 3 is 2.86 bits per heavy atom. The number of carbonyl (C=O) groups is 2. The van der Waals surface area contributed by atoms with Crippen LogP contribution < -0.4 is 0 Å². The van der Waals surface area contributed by atoms with Crippen molar-refractivity contribution in [2.24, 2.45) is 5.92 Å². The zero-order valence-corrected chi connectivity index (χ0v) is 12.7. The quantitative estimate of drug-likeness (QED) is 0.850. The van der Waals surface area contributed by atoms with Gasteiger partial charge in [-0.25, -0.2) is 0 Å². The Hall–Kier alpha value is -1.39. The molecular weight excluding hydrogens is 290 g/mol. The van der Waals surface area contributed by atoms with E-state index in [-0.39, 0.29) is 37.1 Å². The summed E-state index contributed by atoms with van der Waals surface area (Å²) in [7, 11) is 0. The molecule has 1 aromatic rings. The summed E-state index contributed by atoms with van der Waals surface area (Å²) in [5.41, 5.74) is 0.544. The van der Waals surface area contributed by atoms with Crippen LogP contribution in [0.3, 0.4) is 0 Å². The van der Waals surface area contributed by atoms with Crippen LogP contribution in [0.1, 0.15) is 36.0 Å². The van der Waals surface area contributed by atoms with Gasteiger partial charge in [0.05, 0.1) is 0 Å². The molecule has 1 unspecified atom stereocenters. The van der Waals surface area contributed by atoms with Crippen molar-refractivity contribution in [3.05, 3.63) is 34.9 Å². The van der Waals surface area contributed by atoms with Crippen LogP contribution in [-0.2, 0) is 4.79 Å². The fourth-order valence-corrected chi connectivity index (χ4v) is 2.82. The van der Waals surface area contributed by atoms with Gasteiger partial charge in [-0.15, -0.1) is 0 Å². The summed E-state index contributed by atoms with van der Waals surface area (Å²) in [4.78, 5) is 25.9. The van der Waals surface area contributed by atoms with Gasteiger partial charge in [0.1, 0.15) is 0 Å². The van der Waals surface area contributed by atoms with Crippen LogP contribution >= 0.6 is 11.6 Å². The number of rotatable bonds is 5. The second-order valence-corrected chi connectivity index (χ2v) is 5.90. The summed E-state index contributed by atoms with van der Waals surface area (Å²) in [6.45, 7) is 1.44. The van der Waals surface area contributed by atoms with Crippen molar-refractivity contribution in [3.8, 4) is 0 Å². The first-order chi connectivity index (χ1) is 10.1. The number of hydrogen-bond donors (Lipinski definition) is 1. The van der Waals surface area contributed by atoms with E-state index in [4.69, 9.17) is 11.6 Å². The van der Waals surface area contributed by atoms with Gasteiger partial charge in [-0.2, -0.15) is 0 Å². The fraction of sp³-hybridized carbons (Fsp3) is 0.500. The highest BCUT2D eigenvalue weighted by atomic mass is 35.5. The topological polar surface area (TPSA) is 57.6 Å². The van der Waals surface area contributed by atoms with Gasteiger partial charge < -0.3 is 10.0 Å². The Bertz CT molecular complexity index is 518. The lowest BCUT2D eigenvalue weighted by Gasteiger charge is -2.31. The minimum absolute atomic E-state index is 0.0106. The molecule has 1 fully saturated rings. The molecule has 1 heterocycles. The zero-order valence-electron chi connectivity index (χ0n) is 11.9. The molecule has 1 N–H and O–H groups in total. The van der Waals surface area contributed by atoms with E-state index in [1.165, 1.54) is 0 Å². The monoisotopic (exact) mass is 309 g/mol. The number of ketones is 1. The highest BCUT2D eigenvalue weighted by molar-refractivity contribution is 6.31. The maximum atomic E-state index is 12.1. The third kappa shape index (κ3) is 4.55. The molecule has 21 heavy (non-hydrogen) atoms. The maximum absolute atomic E-state index is 12.1. The predicted molar refractivity (Wildman–Crippen MR) is 81.4 cm³/mol. The van der Waals surface area contributed by atoms with Gasteiger partial charge in [0, 0.05) is 43.1 Å². The molecule has 2 rings (SSSR count). The molecule has 0 aromatic heterocycles. The molecular formula is C16H20ClNO3. The number of aliphatic hydroxyl groups excluding tert-OH is 1. The lowest BCUT2D eigenvalue weighted by Crippen LogP contribution is -2.41. The minimum Gasteiger partial charge on any atom is -0.396 e. The highest BCUT2D eigenvalue weighted by Gasteiger charge is 2.23. The van der Waals surface area contributed by atoms with Crippen molar-refractivity contribution >= 4 is 23.3 Å². The second-order valence-electron chi connectivity index (χ2n) is 5.46. The number of amides is 1. The Morgan fingerprint density at radius 2 is 2.14 bits per heavy atom. The van der Waals surface area contributed by atoms with Crippen molar-refractivity contribution in [1.82, 2.24) is 4.90 Å². The van der Waals surface area contributed by atoms with Crippen LogP contribution in [0.2, 0.25) is 5.02 Å². The Kier molecular flexibility index (Phi) is 5.76. The lowest BCUT2D eigenvalue weighted by atomic mass is 9.98. The van der Waals surface area contributed by atoms with Crippen molar-refractivity contribution in [2.75, 3.05) is 19.7 Å². The van der Waals surface area contributed by atoms with Gasteiger partial charge in [0.2, 0.25) is 5.91 Å². The van der Waals surface area contributed by atoms with Gasteiger partial charge in [-0.3, -0.25) is 9.59 Å². The van der Waals surface area contributed by atoms with E-state index < -0.39 is 0 Å². The van der Waals surface area contributed by atoms with Crippen LogP contribution in [-0.4, -0.2) is 41.4 Å². The van der Waals surface area contributed by atoms with Crippen LogP contribution in [0, 0.1) is 5.92 Å². The third-order valence-corrected chi connectivity index (χ3v) is 4.08. The van der Waals surface area contributed by atoms with Gasteiger partial charge in [-0.1, -0.05) is 23.7 Å². The molecule has 0 aliphatic carbocycles. The average Bonchev–Trinajstić information content (AvgIpc) is 2.52. The van der Waals surface area contributed by atoms with Gasteiger partial charge in [0.25, 0.3) is 0 Å². The fourth-order valence-electron chi connectivity index (χ4n) is 2.63. The molecule has 1 saturated heterocycles. The number of likely N-dealkylation sites (tertiary alicyclic amines) is 1. The van der Waals surface area contributed by atoms with E-state index in [0.29, 0.717) is 17.1 Å². The lowest BCUT2D eigenvalue weighted by molar-refractivity contribution is -0.133. The molecule has 1 aliphatic rings. The molecule has 0 radical (unpaired) electrons. The SMILES string of the molecule is O=C(CCC(=O)N1CCCC(CO)C1)c1cccc(Cl)c1. The first-order valence-corrected chi connectivity index (χ1v) is 7.65. The van der Waals surface area contributed by atoms with E-state index in [1.54, 1.807) is 29.2 Å². The number of benzene rings is 1. The first kappa shape index (κ1) is 16.0. The first-order valence-electron chi connectivity index (χ1n) is 7.27. The Labute approximate surface area is 129 Å². The number of carbonyl (C=O) groups excluding carboxylic acids is 2. The summed E-state index contributed by atoms with van der Waals surface area (Å²) >= 11 is 5.85. The molecule has 0 bridgehead atoms. The standard InChI is InChI=1S/C16H20ClNO3/c17-14-5-1-4-13(9-14)15(20)6-7-16(21)18-8-2-3-12(10-18)11-19/h1,4-5,9,12,19H,2-3,6-8,10-11H2. The van der Waals surface area contributed by atoms with Crippen LogP contribution in [0.5, 0.6) is 0 Å². The largest absolute Gasteiger partial charge is 0.396 e. The molecule has 0 spiro atoms. The van der Waals surface area contributed by atoms with E-state index in [1.807, 2.05) is 0 Å². The second kappa shape index (κ2) is 7.57. The summed E-state index contributed by atoms with van der Waals surface area (Å²) in [6.07, 6.45) is 2.28. The van der Waals surface area contributed by atoms with E-state index in [2.05, 4.69) is 0 Å². The molecule has 0 saturated carbocycles. The highest BCUT2D eigenvalue weighted by Crippen LogP contribution is 2.18. The number of piperidine rings is 1. The van der Waals surface area contributed by atoms with Crippen LogP contribution in [0.15, 0.2) is 24.3 Å². The summed E-state index contributed by atoms with van der Waals surface area (Å²) in [5.74, 6) is 0.0939. The van der Waals surface area contributed by atoms with E-state index >= 15 is 0 Å². The predicted octanol–water partition coefficient (Wildman–Crippen LogP) is 2.53. The van der Waals surface area contributed by atoms with Gasteiger partial charge >= 0.3 is 0 Å². The molecule has 1 amide bonds. The number of halogens is 1. The zero-order chi connectivity index (χ0) is 15.2. The molecule has 114 valence electrons. The van der Waals surface area contributed by atoms with Gasteiger partial charge in [0.15, 0.2) is 5.78 Å². The van der Waals surface area contributed by atoms with Crippen LogP contribution in [0.25, 0.3) is 0 Å².